The lowest BCUT2D eigenvalue weighted by atomic mass is 10.2. The minimum absolute atomic E-state index is 0.0528. The summed E-state index contributed by atoms with van der Waals surface area (Å²) in [6.07, 6.45) is 2.45. The number of anilines is 1. The predicted octanol–water partition coefficient (Wildman–Crippen LogP) is 2.03. The van der Waals surface area contributed by atoms with Crippen molar-refractivity contribution in [2.24, 2.45) is 0 Å². The quantitative estimate of drug-likeness (QED) is 0.640. The molecule has 1 amide bonds. The highest BCUT2D eigenvalue weighted by molar-refractivity contribution is 5.77. The zero-order valence-corrected chi connectivity index (χ0v) is 12.0. The average molecular weight is 293 g/mol. The molecule has 1 aromatic carbocycles. The first-order valence-corrected chi connectivity index (χ1v) is 6.96. The van der Waals surface area contributed by atoms with Crippen LogP contribution in [-0.4, -0.2) is 42.5 Å². The summed E-state index contributed by atoms with van der Waals surface area (Å²) >= 11 is 0. The number of nitrogens with one attached hydrogen (secondary N) is 1. The van der Waals surface area contributed by atoms with E-state index in [1.54, 1.807) is 12.1 Å². The van der Waals surface area contributed by atoms with Gasteiger partial charge in [0.25, 0.3) is 5.69 Å². The second kappa shape index (κ2) is 6.92. The Morgan fingerprint density at radius 1 is 1.43 bits per heavy atom. The van der Waals surface area contributed by atoms with Crippen molar-refractivity contribution in [3.63, 3.8) is 0 Å². The molecule has 7 nitrogen and oxygen atoms in total. The summed E-state index contributed by atoms with van der Waals surface area (Å²) in [5.41, 5.74) is 0.345. The largest absolute Gasteiger partial charge is 0.496 e. The fourth-order valence-electron chi connectivity index (χ4n) is 2.37. The van der Waals surface area contributed by atoms with Crippen molar-refractivity contribution in [3.8, 4) is 5.75 Å². The van der Waals surface area contributed by atoms with E-state index in [0.29, 0.717) is 24.4 Å². The highest BCUT2D eigenvalue weighted by Gasteiger charge is 2.18. The van der Waals surface area contributed by atoms with Crippen LogP contribution < -0.4 is 10.1 Å². The van der Waals surface area contributed by atoms with Crippen LogP contribution in [0.3, 0.4) is 0 Å². The average Bonchev–Trinajstić information content (AvgIpc) is 3.01. The second-order valence-corrected chi connectivity index (χ2v) is 4.90. The summed E-state index contributed by atoms with van der Waals surface area (Å²) in [6.45, 7) is 2.02. The maximum Gasteiger partial charge on any atom is 0.296 e. The molecule has 7 heteroatoms. The third kappa shape index (κ3) is 3.84. The van der Waals surface area contributed by atoms with E-state index in [1.807, 2.05) is 4.90 Å². The number of hydrogen-bond donors (Lipinski definition) is 1. The van der Waals surface area contributed by atoms with Gasteiger partial charge in [-0.05, 0) is 25.0 Å². The highest BCUT2D eigenvalue weighted by atomic mass is 16.6. The number of carbonyl (C=O) groups excluding carboxylic acids is 1. The Kier molecular flexibility index (Phi) is 4.97. The fraction of sp³-hybridized carbons (Fsp3) is 0.500. The molecule has 0 saturated carbocycles. The lowest BCUT2D eigenvalue weighted by Gasteiger charge is -2.15. The molecule has 1 aliphatic rings. The van der Waals surface area contributed by atoms with Gasteiger partial charge in [-0.1, -0.05) is 0 Å². The Morgan fingerprint density at radius 3 is 2.76 bits per heavy atom. The van der Waals surface area contributed by atoms with Crippen molar-refractivity contribution < 1.29 is 14.5 Å². The zero-order chi connectivity index (χ0) is 15.2. The molecule has 1 heterocycles. The SMILES string of the molecule is COc1ccc(NCCC(=O)N2CCCC2)c([N+](=O)[O-])c1. The van der Waals surface area contributed by atoms with Gasteiger partial charge in [0, 0.05) is 26.1 Å². The van der Waals surface area contributed by atoms with Crippen LogP contribution in [0.5, 0.6) is 5.75 Å². The summed E-state index contributed by atoms with van der Waals surface area (Å²) in [4.78, 5) is 24.3. The molecule has 0 bridgehead atoms. The van der Waals surface area contributed by atoms with Crippen molar-refractivity contribution in [2.45, 2.75) is 19.3 Å². The normalized spacial score (nSPS) is 14.0. The first-order valence-electron chi connectivity index (χ1n) is 6.96. The molecule has 21 heavy (non-hydrogen) atoms. The van der Waals surface area contributed by atoms with E-state index < -0.39 is 4.92 Å². The smallest absolute Gasteiger partial charge is 0.296 e. The number of ether oxygens (including phenoxy) is 1. The first kappa shape index (κ1) is 15.1. The van der Waals surface area contributed by atoms with Gasteiger partial charge in [-0.25, -0.2) is 0 Å². The third-order valence-electron chi connectivity index (χ3n) is 3.51. The van der Waals surface area contributed by atoms with Crippen molar-refractivity contribution in [1.82, 2.24) is 4.90 Å². The van der Waals surface area contributed by atoms with Crippen molar-refractivity contribution in [3.05, 3.63) is 28.3 Å². The number of carbonyl (C=O) groups is 1. The number of nitro groups is 1. The number of rotatable bonds is 6. The molecule has 0 atom stereocenters. The molecular formula is C14H19N3O4. The molecular weight excluding hydrogens is 274 g/mol. The fourth-order valence-corrected chi connectivity index (χ4v) is 2.37. The van der Waals surface area contributed by atoms with Crippen LogP contribution in [0.25, 0.3) is 0 Å². The van der Waals surface area contributed by atoms with E-state index in [2.05, 4.69) is 5.32 Å². The topological polar surface area (TPSA) is 84.7 Å². The molecule has 114 valence electrons. The van der Waals surface area contributed by atoms with E-state index >= 15 is 0 Å². The number of methoxy groups -OCH3 is 1. The van der Waals surface area contributed by atoms with Crippen LogP contribution in [0.2, 0.25) is 0 Å². The second-order valence-electron chi connectivity index (χ2n) is 4.90. The number of hydrogen-bond acceptors (Lipinski definition) is 5. The number of likely N-dealkylation sites (tertiary alicyclic amines) is 1. The van der Waals surface area contributed by atoms with Crippen molar-refractivity contribution in [1.29, 1.82) is 0 Å². The van der Waals surface area contributed by atoms with Crippen LogP contribution in [0, 0.1) is 10.1 Å². The van der Waals surface area contributed by atoms with Crippen LogP contribution in [-0.2, 0) is 4.79 Å². The van der Waals surface area contributed by atoms with Gasteiger partial charge in [0.15, 0.2) is 0 Å². The Hall–Kier alpha value is -2.31. The monoisotopic (exact) mass is 293 g/mol. The van der Waals surface area contributed by atoms with Gasteiger partial charge in [0.05, 0.1) is 18.1 Å². The van der Waals surface area contributed by atoms with Gasteiger partial charge in [0.2, 0.25) is 5.91 Å². The molecule has 1 aromatic rings. The summed E-state index contributed by atoms with van der Waals surface area (Å²) in [5.74, 6) is 0.525. The molecule has 1 saturated heterocycles. The Balaban J connectivity index is 1.93. The lowest BCUT2D eigenvalue weighted by molar-refractivity contribution is -0.384. The van der Waals surface area contributed by atoms with Crippen LogP contribution in [0.15, 0.2) is 18.2 Å². The third-order valence-corrected chi connectivity index (χ3v) is 3.51. The summed E-state index contributed by atoms with van der Waals surface area (Å²) < 4.78 is 4.98. The summed E-state index contributed by atoms with van der Waals surface area (Å²) in [5, 5.41) is 14.0. The van der Waals surface area contributed by atoms with Crippen molar-refractivity contribution in [2.75, 3.05) is 32.1 Å². The minimum Gasteiger partial charge on any atom is -0.496 e. The zero-order valence-electron chi connectivity index (χ0n) is 12.0. The van der Waals surface area contributed by atoms with E-state index in [9.17, 15) is 14.9 Å². The molecule has 0 aromatic heterocycles. The van der Waals surface area contributed by atoms with Crippen LogP contribution >= 0.6 is 0 Å². The first-order chi connectivity index (χ1) is 10.1. The molecule has 2 rings (SSSR count). The predicted molar refractivity (Wildman–Crippen MR) is 78.6 cm³/mol. The molecule has 1 fully saturated rings. The van der Waals surface area contributed by atoms with Gasteiger partial charge in [-0.2, -0.15) is 0 Å². The highest BCUT2D eigenvalue weighted by Crippen LogP contribution is 2.28. The number of nitro benzene ring substituents is 1. The maximum atomic E-state index is 11.9. The van der Waals surface area contributed by atoms with Gasteiger partial charge in [0.1, 0.15) is 11.4 Å². The molecule has 0 spiro atoms. The molecule has 0 radical (unpaired) electrons. The standard InChI is InChI=1S/C14H19N3O4/c1-21-11-4-5-12(13(10-11)17(19)20)15-7-6-14(18)16-8-2-3-9-16/h4-5,10,15H,2-3,6-9H2,1H3. The van der Waals surface area contributed by atoms with Gasteiger partial charge in [-0.3, -0.25) is 14.9 Å². The van der Waals surface area contributed by atoms with Gasteiger partial charge < -0.3 is 15.0 Å². The number of amides is 1. The van der Waals surface area contributed by atoms with E-state index in [0.717, 1.165) is 25.9 Å². The number of benzene rings is 1. The van der Waals surface area contributed by atoms with Crippen LogP contribution in [0.4, 0.5) is 11.4 Å². The number of nitrogens with zero attached hydrogens (tertiary/aromatic N) is 2. The molecule has 0 unspecified atom stereocenters. The van der Waals surface area contributed by atoms with Gasteiger partial charge in [-0.15, -0.1) is 0 Å². The lowest BCUT2D eigenvalue weighted by Crippen LogP contribution is -2.29. The summed E-state index contributed by atoms with van der Waals surface area (Å²) in [6, 6.07) is 4.61. The molecule has 1 N–H and O–H groups in total. The Morgan fingerprint density at radius 2 is 2.14 bits per heavy atom. The molecule has 1 aliphatic heterocycles. The minimum atomic E-state index is -0.465. The van der Waals surface area contributed by atoms with Crippen molar-refractivity contribution >= 4 is 17.3 Å². The van der Waals surface area contributed by atoms with E-state index in [-0.39, 0.29) is 11.6 Å². The van der Waals surface area contributed by atoms with Crippen LogP contribution in [0.1, 0.15) is 19.3 Å². The summed E-state index contributed by atoms with van der Waals surface area (Å²) in [7, 11) is 1.46. The molecule has 0 aliphatic carbocycles. The van der Waals surface area contributed by atoms with E-state index in [1.165, 1.54) is 13.2 Å². The Bertz CT molecular complexity index is 527. The Labute approximate surface area is 123 Å². The van der Waals surface area contributed by atoms with E-state index in [4.69, 9.17) is 4.74 Å². The maximum absolute atomic E-state index is 11.9. The van der Waals surface area contributed by atoms with Gasteiger partial charge >= 0.3 is 0 Å².